The van der Waals surface area contributed by atoms with Crippen molar-refractivity contribution in [2.45, 2.75) is 33.2 Å². The van der Waals surface area contributed by atoms with Crippen molar-refractivity contribution >= 4 is 17.5 Å². The smallest absolute Gasteiger partial charge is 0.291 e. The van der Waals surface area contributed by atoms with Gasteiger partial charge in [0, 0.05) is 37.2 Å². The van der Waals surface area contributed by atoms with Crippen LogP contribution in [0.5, 0.6) is 0 Å². The Bertz CT molecular complexity index is 942. The van der Waals surface area contributed by atoms with Crippen molar-refractivity contribution in [1.82, 2.24) is 29.9 Å². The summed E-state index contributed by atoms with van der Waals surface area (Å²) in [6.45, 7) is 6.31. The molecule has 1 amide bonds. The van der Waals surface area contributed by atoms with Crippen LogP contribution in [0.25, 0.3) is 5.78 Å². The molecule has 3 aromatic heterocycles. The van der Waals surface area contributed by atoms with Gasteiger partial charge in [-0.25, -0.2) is 14.5 Å². The molecule has 1 aliphatic rings. The predicted molar refractivity (Wildman–Crippen MR) is 97.1 cm³/mol. The summed E-state index contributed by atoms with van der Waals surface area (Å²) in [5.74, 6) is 1.23. The molecule has 1 aliphatic heterocycles. The van der Waals surface area contributed by atoms with E-state index in [1.54, 1.807) is 10.7 Å². The summed E-state index contributed by atoms with van der Waals surface area (Å²) in [6, 6.07) is 5.90. The molecule has 1 fully saturated rings. The molecule has 26 heavy (non-hydrogen) atoms. The number of pyridine rings is 1. The fraction of sp³-hybridized carbons (Fsp3) is 0.389. The molecule has 4 heterocycles. The number of fused-ring (bicyclic) bond motifs is 1. The maximum absolute atomic E-state index is 12.4. The highest BCUT2D eigenvalue weighted by Gasteiger charge is 2.16. The first-order valence-electron chi connectivity index (χ1n) is 8.79. The number of carbonyl (C=O) groups excluding carboxylic acids is 1. The van der Waals surface area contributed by atoms with Gasteiger partial charge in [0.05, 0.1) is 0 Å². The van der Waals surface area contributed by atoms with Crippen LogP contribution in [0.1, 0.15) is 40.4 Å². The van der Waals surface area contributed by atoms with Crippen LogP contribution in [0.2, 0.25) is 0 Å². The summed E-state index contributed by atoms with van der Waals surface area (Å²) >= 11 is 0. The van der Waals surface area contributed by atoms with Gasteiger partial charge in [-0.2, -0.15) is 4.98 Å². The lowest BCUT2D eigenvalue weighted by atomic mass is 10.2. The van der Waals surface area contributed by atoms with E-state index < -0.39 is 0 Å². The number of anilines is 1. The predicted octanol–water partition coefficient (Wildman–Crippen LogP) is 1.67. The Balaban J connectivity index is 1.43. The highest BCUT2D eigenvalue weighted by Crippen LogP contribution is 2.17. The zero-order valence-corrected chi connectivity index (χ0v) is 14.9. The van der Waals surface area contributed by atoms with Crippen molar-refractivity contribution < 1.29 is 4.79 Å². The summed E-state index contributed by atoms with van der Waals surface area (Å²) < 4.78 is 1.58. The van der Waals surface area contributed by atoms with Crippen LogP contribution in [-0.2, 0) is 6.54 Å². The molecule has 0 aliphatic carbocycles. The van der Waals surface area contributed by atoms with E-state index in [0.717, 1.165) is 35.9 Å². The summed E-state index contributed by atoms with van der Waals surface area (Å²) in [5, 5.41) is 7.08. The lowest BCUT2D eigenvalue weighted by Crippen LogP contribution is -2.24. The molecule has 0 saturated carbocycles. The van der Waals surface area contributed by atoms with Gasteiger partial charge in [0.25, 0.3) is 11.7 Å². The van der Waals surface area contributed by atoms with E-state index in [9.17, 15) is 4.79 Å². The number of aromatic nitrogens is 5. The molecule has 134 valence electrons. The van der Waals surface area contributed by atoms with Gasteiger partial charge in [-0.1, -0.05) is 6.07 Å². The highest BCUT2D eigenvalue weighted by molar-refractivity contribution is 5.90. The van der Waals surface area contributed by atoms with E-state index in [-0.39, 0.29) is 11.7 Å². The van der Waals surface area contributed by atoms with Gasteiger partial charge >= 0.3 is 0 Å². The van der Waals surface area contributed by atoms with Gasteiger partial charge in [0.2, 0.25) is 5.82 Å². The third-order valence-electron chi connectivity index (χ3n) is 4.51. The monoisotopic (exact) mass is 351 g/mol. The topological polar surface area (TPSA) is 88.3 Å². The second-order valence-electron chi connectivity index (χ2n) is 6.59. The standard InChI is InChI=1S/C18H21N7O/c1-12-9-13(2)25-18(21-12)22-16(23-25)17(26)20-11-14-5-6-15(19-10-14)24-7-3-4-8-24/h5-6,9-10H,3-4,7-8,11H2,1-2H3,(H,20,26). The first-order valence-corrected chi connectivity index (χ1v) is 8.79. The average Bonchev–Trinajstić information content (AvgIpc) is 3.30. The zero-order valence-electron chi connectivity index (χ0n) is 14.9. The van der Waals surface area contributed by atoms with E-state index in [4.69, 9.17) is 0 Å². The van der Waals surface area contributed by atoms with E-state index >= 15 is 0 Å². The van der Waals surface area contributed by atoms with Crippen LogP contribution in [0.4, 0.5) is 5.82 Å². The maximum atomic E-state index is 12.4. The lowest BCUT2D eigenvalue weighted by molar-refractivity contribution is 0.0940. The Kier molecular flexibility index (Phi) is 4.24. The molecule has 0 radical (unpaired) electrons. The third kappa shape index (κ3) is 3.22. The zero-order chi connectivity index (χ0) is 18.1. The second-order valence-corrected chi connectivity index (χ2v) is 6.59. The number of nitrogens with zero attached hydrogens (tertiary/aromatic N) is 6. The molecule has 0 unspecified atom stereocenters. The number of aryl methyl sites for hydroxylation is 2. The maximum Gasteiger partial charge on any atom is 0.291 e. The molecule has 1 saturated heterocycles. The van der Waals surface area contributed by atoms with Crippen molar-refractivity contribution in [3.05, 3.63) is 47.2 Å². The molecule has 0 aromatic carbocycles. The molecule has 0 atom stereocenters. The minimum Gasteiger partial charge on any atom is -0.357 e. The fourth-order valence-electron chi connectivity index (χ4n) is 3.18. The molecular weight excluding hydrogens is 330 g/mol. The Hall–Kier alpha value is -3.03. The Labute approximate surface area is 151 Å². The largest absolute Gasteiger partial charge is 0.357 e. The fourth-order valence-corrected chi connectivity index (χ4v) is 3.18. The third-order valence-corrected chi connectivity index (χ3v) is 4.51. The number of amides is 1. The van der Waals surface area contributed by atoms with Crippen LogP contribution >= 0.6 is 0 Å². The van der Waals surface area contributed by atoms with Crippen LogP contribution < -0.4 is 10.2 Å². The SMILES string of the molecule is Cc1cc(C)n2nc(C(=O)NCc3ccc(N4CCCC4)nc3)nc2n1. The molecule has 4 rings (SSSR count). The summed E-state index contributed by atoms with van der Waals surface area (Å²) in [5.41, 5.74) is 2.68. The highest BCUT2D eigenvalue weighted by atomic mass is 16.2. The van der Waals surface area contributed by atoms with Gasteiger partial charge in [-0.3, -0.25) is 4.79 Å². The minimum atomic E-state index is -0.323. The number of carbonyl (C=O) groups is 1. The molecule has 8 heteroatoms. The van der Waals surface area contributed by atoms with Crippen molar-refractivity contribution in [3.8, 4) is 0 Å². The molecule has 1 N–H and O–H groups in total. The molecule has 0 bridgehead atoms. The Morgan fingerprint density at radius 2 is 2.00 bits per heavy atom. The average molecular weight is 351 g/mol. The first kappa shape index (κ1) is 16.4. The van der Waals surface area contributed by atoms with Gasteiger partial charge in [-0.15, -0.1) is 5.10 Å². The van der Waals surface area contributed by atoms with Crippen LogP contribution in [0, 0.1) is 13.8 Å². The first-order chi connectivity index (χ1) is 12.6. The van der Waals surface area contributed by atoms with Crippen molar-refractivity contribution in [2.75, 3.05) is 18.0 Å². The molecular formula is C18H21N7O. The quantitative estimate of drug-likeness (QED) is 0.769. The van der Waals surface area contributed by atoms with Crippen molar-refractivity contribution in [2.24, 2.45) is 0 Å². The normalized spacial score (nSPS) is 14.2. The van der Waals surface area contributed by atoms with Crippen LogP contribution in [-0.4, -0.2) is 43.6 Å². The number of rotatable bonds is 4. The van der Waals surface area contributed by atoms with Gasteiger partial charge in [0.1, 0.15) is 5.82 Å². The van der Waals surface area contributed by atoms with E-state index in [1.165, 1.54) is 12.8 Å². The van der Waals surface area contributed by atoms with Gasteiger partial charge in [-0.05, 0) is 44.4 Å². The number of hydrogen-bond donors (Lipinski definition) is 1. The van der Waals surface area contributed by atoms with E-state index in [1.807, 2.05) is 32.0 Å². The minimum absolute atomic E-state index is 0.118. The summed E-state index contributed by atoms with van der Waals surface area (Å²) in [6.07, 6.45) is 4.25. The van der Waals surface area contributed by atoms with E-state index in [0.29, 0.717) is 12.3 Å². The van der Waals surface area contributed by atoms with Crippen molar-refractivity contribution in [3.63, 3.8) is 0 Å². The summed E-state index contributed by atoms with van der Waals surface area (Å²) in [7, 11) is 0. The van der Waals surface area contributed by atoms with Gasteiger partial charge < -0.3 is 10.2 Å². The van der Waals surface area contributed by atoms with E-state index in [2.05, 4.69) is 30.3 Å². The lowest BCUT2D eigenvalue weighted by Gasteiger charge is -2.16. The van der Waals surface area contributed by atoms with Crippen LogP contribution in [0.15, 0.2) is 24.4 Å². The Morgan fingerprint density at radius 1 is 1.19 bits per heavy atom. The second kappa shape index (κ2) is 6.70. The molecule has 3 aromatic rings. The molecule has 0 spiro atoms. The number of nitrogens with one attached hydrogen (secondary N) is 1. The number of hydrogen-bond acceptors (Lipinski definition) is 6. The Morgan fingerprint density at radius 3 is 2.73 bits per heavy atom. The van der Waals surface area contributed by atoms with Gasteiger partial charge in [0.15, 0.2) is 0 Å². The van der Waals surface area contributed by atoms with Crippen LogP contribution in [0.3, 0.4) is 0 Å². The summed E-state index contributed by atoms with van der Waals surface area (Å²) in [4.78, 5) is 27.6. The van der Waals surface area contributed by atoms with Crippen molar-refractivity contribution in [1.29, 1.82) is 0 Å². The molecule has 8 nitrogen and oxygen atoms in total.